The Balaban J connectivity index is 1.32. The summed E-state index contributed by atoms with van der Waals surface area (Å²) in [5.74, 6) is 2.80. The summed E-state index contributed by atoms with van der Waals surface area (Å²) in [5.41, 5.74) is 3.39. The zero-order valence-electron chi connectivity index (χ0n) is 17.5. The van der Waals surface area contributed by atoms with Crippen molar-refractivity contribution in [2.24, 2.45) is 0 Å². The van der Waals surface area contributed by atoms with Crippen molar-refractivity contribution < 1.29 is 4.52 Å². The molecular formula is C23H24N6OS. The number of aromatic nitrogens is 4. The molecule has 5 heterocycles. The van der Waals surface area contributed by atoms with Crippen LogP contribution < -0.4 is 4.90 Å². The van der Waals surface area contributed by atoms with Crippen LogP contribution in [0.15, 0.2) is 35.1 Å². The van der Waals surface area contributed by atoms with E-state index in [1.54, 1.807) is 6.20 Å². The van der Waals surface area contributed by atoms with E-state index < -0.39 is 0 Å². The molecule has 1 saturated heterocycles. The van der Waals surface area contributed by atoms with Crippen LogP contribution in [0.25, 0.3) is 21.6 Å². The highest BCUT2D eigenvalue weighted by molar-refractivity contribution is 7.19. The van der Waals surface area contributed by atoms with Gasteiger partial charge >= 0.3 is 0 Å². The van der Waals surface area contributed by atoms with Crippen molar-refractivity contribution in [1.29, 1.82) is 0 Å². The van der Waals surface area contributed by atoms with Crippen LogP contribution in [-0.4, -0.2) is 51.2 Å². The molecule has 2 aliphatic rings. The number of hydrogen-bond acceptors (Lipinski definition) is 8. The topological polar surface area (TPSA) is 71.2 Å². The quantitative estimate of drug-likeness (QED) is 0.485. The molecule has 0 amide bonds. The molecule has 0 spiro atoms. The Kier molecular flexibility index (Phi) is 4.69. The number of nitrogens with zero attached hydrogens (tertiary/aromatic N) is 6. The van der Waals surface area contributed by atoms with Crippen LogP contribution in [0.3, 0.4) is 0 Å². The minimum atomic E-state index is 0.773. The molecule has 1 aliphatic carbocycles. The van der Waals surface area contributed by atoms with Gasteiger partial charge in [0, 0.05) is 55.1 Å². The number of pyridine rings is 1. The van der Waals surface area contributed by atoms with E-state index in [9.17, 15) is 0 Å². The zero-order chi connectivity index (χ0) is 20.8. The van der Waals surface area contributed by atoms with E-state index in [4.69, 9.17) is 14.5 Å². The molecule has 0 bridgehead atoms. The predicted octanol–water partition coefficient (Wildman–Crippen LogP) is 3.86. The van der Waals surface area contributed by atoms with E-state index in [1.165, 1.54) is 28.7 Å². The first-order valence-corrected chi connectivity index (χ1v) is 11.7. The lowest BCUT2D eigenvalue weighted by molar-refractivity contribution is 0.219. The standard InChI is InChI=1S/C23H24N6OS/c1-15-12-17(30-27-15)14-28-8-10-29(11-9-28)22-20-18-5-2-6-19(18)31-23(20)26-21(25-22)16-4-3-7-24-13-16/h3-4,7,12-13H,2,5-6,8-11,14H2,1H3. The van der Waals surface area contributed by atoms with Crippen molar-refractivity contribution in [1.82, 2.24) is 25.0 Å². The molecule has 0 N–H and O–H groups in total. The molecule has 7 nitrogen and oxygen atoms in total. The number of thiophene rings is 1. The first kappa shape index (κ1) is 18.9. The molecule has 1 fully saturated rings. The van der Waals surface area contributed by atoms with Gasteiger partial charge < -0.3 is 9.42 Å². The summed E-state index contributed by atoms with van der Waals surface area (Å²) in [6, 6.07) is 6.01. The molecule has 6 rings (SSSR count). The number of piperazine rings is 1. The van der Waals surface area contributed by atoms with Gasteiger partial charge in [-0.2, -0.15) is 0 Å². The summed E-state index contributed by atoms with van der Waals surface area (Å²) in [5, 5.41) is 5.29. The fraction of sp³-hybridized carbons (Fsp3) is 0.391. The van der Waals surface area contributed by atoms with Gasteiger partial charge in [0.1, 0.15) is 10.6 Å². The van der Waals surface area contributed by atoms with Gasteiger partial charge in [-0.3, -0.25) is 9.88 Å². The third kappa shape index (κ3) is 3.49. The minimum absolute atomic E-state index is 0.773. The van der Waals surface area contributed by atoms with Gasteiger partial charge in [-0.15, -0.1) is 11.3 Å². The zero-order valence-corrected chi connectivity index (χ0v) is 18.4. The van der Waals surface area contributed by atoms with E-state index >= 15 is 0 Å². The van der Waals surface area contributed by atoms with E-state index in [0.717, 1.165) is 72.6 Å². The summed E-state index contributed by atoms with van der Waals surface area (Å²) in [7, 11) is 0. The second kappa shape index (κ2) is 7.69. The van der Waals surface area contributed by atoms with Crippen LogP contribution in [0.1, 0.15) is 28.3 Å². The molecule has 0 unspecified atom stereocenters. The van der Waals surface area contributed by atoms with Crippen LogP contribution in [0, 0.1) is 6.92 Å². The first-order valence-electron chi connectivity index (χ1n) is 10.9. The third-order valence-electron chi connectivity index (χ3n) is 6.19. The second-order valence-corrected chi connectivity index (χ2v) is 9.43. The highest BCUT2D eigenvalue weighted by Crippen LogP contribution is 2.41. The Morgan fingerprint density at radius 1 is 1.13 bits per heavy atom. The lowest BCUT2D eigenvalue weighted by atomic mass is 10.1. The third-order valence-corrected chi connectivity index (χ3v) is 7.38. The number of fused-ring (bicyclic) bond motifs is 3. The van der Waals surface area contributed by atoms with Gasteiger partial charge in [-0.1, -0.05) is 5.16 Å². The van der Waals surface area contributed by atoms with Crippen molar-refractivity contribution in [3.8, 4) is 11.4 Å². The SMILES string of the molecule is Cc1cc(CN2CCN(c3nc(-c4cccnc4)nc4sc5c(c34)CCC5)CC2)on1. The summed E-state index contributed by atoms with van der Waals surface area (Å²) in [6.45, 7) is 6.60. The van der Waals surface area contributed by atoms with Gasteiger partial charge in [-0.05, 0) is 43.9 Å². The van der Waals surface area contributed by atoms with Crippen LogP contribution >= 0.6 is 11.3 Å². The molecule has 158 valence electrons. The maximum Gasteiger partial charge on any atom is 0.164 e. The lowest BCUT2D eigenvalue weighted by Gasteiger charge is -2.35. The maximum absolute atomic E-state index is 5.41. The number of rotatable bonds is 4. The number of anilines is 1. The van der Waals surface area contributed by atoms with Gasteiger partial charge in [0.25, 0.3) is 0 Å². The normalized spacial score (nSPS) is 16.9. The van der Waals surface area contributed by atoms with Crippen molar-refractivity contribution in [2.75, 3.05) is 31.1 Å². The Morgan fingerprint density at radius 2 is 2.03 bits per heavy atom. The molecule has 0 saturated carbocycles. The Labute approximate surface area is 184 Å². The summed E-state index contributed by atoms with van der Waals surface area (Å²) in [4.78, 5) is 21.8. The molecule has 0 radical (unpaired) electrons. The molecule has 4 aromatic heterocycles. The molecule has 4 aromatic rings. The van der Waals surface area contributed by atoms with Crippen molar-refractivity contribution in [2.45, 2.75) is 32.7 Å². The Morgan fingerprint density at radius 3 is 2.81 bits per heavy atom. The lowest BCUT2D eigenvalue weighted by Crippen LogP contribution is -2.46. The Bertz CT molecular complexity index is 1230. The maximum atomic E-state index is 5.41. The molecule has 1 aliphatic heterocycles. The molecular weight excluding hydrogens is 408 g/mol. The van der Waals surface area contributed by atoms with Crippen LogP contribution in [-0.2, 0) is 19.4 Å². The highest BCUT2D eigenvalue weighted by Gasteiger charge is 2.27. The number of hydrogen-bond donors (Lipinski definition) is 0. The van der Waals surface area contributed by atoms with Crippen molar-refractivity contribution >= 4 is 27.4 Å². The van der Waals surface area contributed by atoms with Crippen LogP contribution in [0.5, 0.6) is 0 Å². The average molecular weight is 433 g/mol. The fourth-order valence-corrected chi connectivity index (χ4v) is 5.91. The fourth-order valence-electron chi connectivity index (χ4n) is 4.66. The highest BCUT2D eigenvalue weighted by atomic mass is 32.1. The van der Waals surface area contributed by atoms with Crippen molar-refractivity contribution in [3.05, 3.63) is 52.5 Å². The number of aryl methyl sites for hydroxylation is 3. The summed E-state index contributed by atoms with van der Waals surface area (Å²) in [6.07, 6.45) is 7.19. The minimum Gasteiger partial charge on any atom is -0.360 e. The van der Waals surface area contributed by atoms with Gasteiger partial charge in [0.05, 0.1) is 17.6 Å². The predicted molar refractivity (Wildman–Crippen MR) is 121 cm³/mol. The molecule has 0 aromatic carbocycles. The van der Waals surface area contributed by atoms with Gasteiger partial charge in [0.2, 0.25) is 0 Å². The second-order valence-electron chi connectivity index (χ2n) is 8.35. The van der Waals surface area contributed by atoms with Gasteiger partial charge in [-0.25, -0.2) is 9.97 Å². The first-order chi connectivity index (χ1) is 15.2. The van der Waals surface area contributed by atoms with E-state index in [2.05, 4.69) is 19.9 Å². The molecule has 0 atom stereocenters. The Hall–Kier alpha value is -2.84. The smallest absolute Gasteiger partial charge is 0.164 e. The van der Waals surface area contributed by atoms with Crippen LogP contribution in [0.4, 0.5) is 5.82 Å². The van der Waals surface area contributed by atoms with Crippen molar-refractivity contribution in [3.63, 3.8) is 0 Å². The molecule has 31 heavy (non-hydrogen) atoms. The largest absolute Gasteiger partial charge is 0.360 e. The summed E-state index contributed by atoms with van der Waals surface area (Å²) < 4.78 is 5.41. The summed E-state index contributed by atoms with van der Waals surface area (Å²) >= 11 is 1.85. The average Bonchev–Trinajstić information content (AvgIpc) is 3.50. The van der Waals surface area contributed by atoms with Gasteiger partial charge in [0.15, 0.2) is 11.6 Å². The van der Waals surface area contributed by atoms with Crippen LogP contribution in [0.2, 0.25) is 0 Å². The van der Waals surface area contributed by atoms with E-state index in [1.807, 2.05) is 42.7 Å². The van der Waals surface area contributed by atoms with E-state index in [0.29, 0.717) is 0 Å². The van der Waals surface area contributed by atoms with E-state index in [-0.39, 0.29) is 0 Å². The monoisotopic (exact) mass is 432 g/mol. The molecule has 8 heteroatoms.